The molecule has 200 valence electrons. The van der Waals surface area contributed by atoms with E-state index in [2.05, 4.69) is 11.8 Å². The fourth-order valence-corrected chi connectivity index (χ4v) is 7.34. The number of nitrogens with zero attached hydrogens (tertiary/aromatic N) is 1. The third-order valence-corrected chi connectivity index (χ3v) is 9.14. The van der Waals surface area contributed by atoms with Gasteiger partial charge in [-0.05, 0) is 75.6 Å². The number of aryl methyl sites for hydroxylation is 1. The quantitative estimate of drug-likeness (QED) is 0.246. The number of anilines is 1. The average Bonchev–Trinajstić information content (AvgIpc) is 2.92. The van der Waals surface area contributed by atoms with Crippen LogP contribution in [0.4, 0.5) is 5.69 Å². The van der Waals surface area contributed by atoms with Gasteiger partial charge >= 0.3 is 5.97 Å². The predicted molar refractivity (Wildman–Crippen MR) is 137 cm³/mol. The number of halogens is 2. The van der Waals surface area contributed by atoms with Gasteiger partial charge in [0.05, 0.1) is 5.56 Å². The Morgan fingerprint density at radius 3 is 2.56 bits per heavy atom. The molecule has 1 saturated carbocycles. The normalized spacial score (nSPS) is 38.9. The van der Waals surface area contributed by atoms with E-state index in [4.69, 9.17) is 47.2 Å². The Morgan fingerprint density at radius 2 is 1.86 bits per heavy atom. The average molecular weight is 543 g/mol. The van der Waals surface area contributed by atoms with E-state index in [1.54, 1.807) is 6.07 Å². The Labute approximate surface area is 223 Å². The third-order valence-electron chi connectivity index (χ3n) is 8.80. The first-order chi connectivity index (χ1) is 17.2. The molecule has 6 rings (SSSR count). The van der Waals surface area contributed by atoms with Crippen LogP contribution >= 0.6 is 23.2 Å². The van der Waals surface area contributed by atoms with Gasteiger partial charge in [0.25, 0.3) is 0 Å². The van der Waals surface area contributed by atoms with Crippen molar-refractivity contribution in [3.05, 3.63) is 29.3 Å². The number of fused-ring (bicyclic) bond motifs is 2. The van der Waals surface area contributed by atoms with E-state index in [0.29, 0.717) is 36.3 Å². The van der Waals surface area contributed by atoms with Crippen molar-refractivity contribution in [3.8, 4) is 0 Å². The largest absolute Gasteiger partial charge is 0.459 e. The molecule has 7 atom stereocenters. The first-order valence-electron chi connectivity index (χ1n) is 13.0. The number of alkyl halides is 2. The number of esters is 1. The van der Waals surface area contributed by atoms with Gasteiger partial charge in [0.2, 0.25) is 5.79 Å². The number of carbonyl (C=O) groups excluding carboxylic acids is 1. The lowest BCUT2D eigenvalue weighted by Crippen LogP contribution is -2.62. The molecule has 0 radical (unpaired) electrons. The molecule has 4 saturated heterocycles. The third kappa shape index (κ3) is 4.34. The molecule has 36 heavy (non-hydrogen) atoms. The molecule has 1 spiro atoms. The fraction of sp³-hybridized carbons (Fsp3) is 0.741. The standard InChI is InChI=1S/C27H37Cl2NO6/c1-17-5-8-22-25(3,33-24-27(22)20(17)9-10-26(4,34-24)35-36-27)16-32-23(31)19-6-7-21(18(2)15-19)30(13-11-28)14-12-29/h6-7,15,17,20,22,24H,5,8-14,16H2,1-4H3/t17-,20+,22+,24-,25-,26-,27-/m1/s1. The smallest absolute Gasteiger partial charge is 0.338 e. The van der Waals surface area contributed by atoms with Crippen LogP contribution in [0.3, 0.4) is 0 Å². The number of benzene rings is 1. The van der Waals surface area contributed by atoms with Crippen molar-refractivity contribution in [2.45, 2.75) is 76.7 Å². The summed E-state index contributed by atoms with van der Waals surface area (Å²) in [4.78, 5) is 27.3. The molecule has 9 heteroatoms. The molecule has 0 N–H and O–H groups in total. The summed E-state index contributed by atoms with van der Waals surface area (Å²) in [5, 5.41) is 0. The van der Waals surface area contributed by atoms with E-state index in [0.717, 1.165) is 36.9 Å². The first-order valence-corrected chi connectivity index (χ1v) is 14.1. The summed E-state index contributed by atoms with van der Waals surface area (Å²) in [6, 6.07) is 5.58. The van der Waals surface area contributed by atoms with E-state index in [1.807, 2.05) is 32.9 Å². The van der Waals surface area contributed by atoms with Crippen molar-refractivity contribution in [1.82, 2.24) is 0 Å². The van der Waals surface area contributed by atoms with Crippen LogP contribution in [-0.4, -0.2) is 60.7 Å². The van der Waals surface area contributed by atoms with Gasteiger partial charge in [-0.25, -0.2) is 14.6 Å². The topological polar surface area (TPSA) is 66.5 Å². The van der Waals surface area contributed by atoms with Crippen LogP contribution in [0.1, 0.15) is 62.4 Å². The van der Waals surface area contributed by atoms with Crippen molar-refractivity contribution in [1.29, 1.82) is 0 Å². The lowest BCUT2D eigenvalue weighted by molar-refractivity contribution is -0.541. The highest BCUT2D eigenvalue weighted by Gasteiger charge is 2.74. The molecule has 0 aromatic heterocycles. The SMILES string of the molecule is Cc1cc(C(=O)OC[C@@]2(C)O[C@@H]3O[C@@]4(C)CC[C@H]5[C@H](C)CC[C@@H]2[C@@]35OO4)ccc1N(CCCl)CCCl. The zero-order valence-corrected chi connectivity index (χ0v) is 23.1. The van der Waals surface area contributed by atoms with Crippen molar-refractivity contribution in [2.75, 3.05) is 36.4 Å². The zero-order chi connectivity index (χ0) is 25.7. The zero-order valence-electron chi connectivity index (χ0n) is 21.6. The summed E-state index contributed by atoms with van der Waals surface area (Å²) >= 11 is 11.9. The van der Waals surface area contributed by atoms with Crippen LogP contribution < -0.4 is 4.90 Å². The van der Waals surface area contributed by atoms with E-state index in [1.165, 1.54) is 0 Å². The number of rotatable bonds is 8. The monoisotopic (exact) mass is 541 g/mol. The Hall–Kier alpha value is -1.09. The molecular weight excluding hydrogens is 505 g/mol. The number of hydrogen-bond acceptors (Lipinski definition) is 7. The maximum absolute atomic E-state index is 13.1. The van der Waals surface area contributed by atoms with Crippen molar-refractivity contribution < 1.29 is 28.8 Å². The lowest BCUT2D eigenvalue weighted by atomic mass is 9.60. The minimum absolute atomic E-state index is 0.00424. The molecule has 4 heterocycles. The Balaban J connectivity index is 1.32. The maximum atomic E-state index is 13.1. The number of ether oxygens (including phenoxy) is 3. The Morgan fingerprint density at radius 1 is 1.11 bits per heavy atom. The lowest BCUT2D eigenvalue weighted by Gasteiger charge is -2.50. The molecule has 7 nitrogen and oxygen atoms in total. The number of carbonyl (C=O) groups is 1. The van der Waals surface area contributed by atoms with Gasteiger partial charge in [-0.15, -0.1) is 23.2 Å². The van der Waals surface area contributed by atoms with Crippen molar-refractivity contribution >= 4 is 34.9 Å². The van der Waals surface area contributed by atoms with Gasteiger partial charge in [-0.3, -0.25) is 0 Å². The van der Waals surface area contributed by atoms with Gasteiger partial charge < -0.3 is 19.1 Å². The van der Waals surface area contributed by atoms with Crippen LogP contribution in [0.5, 0.6) is 0 Å². The van der Waals surface area contributed by atoms with Gasteiger partial charge in [0, 0.05) is 42.9 Å². The van der Waals surface area contributed by atoms with Gasteiger partial charge in [-0.2, -0.15) is 0 Å². The van der Waals surface area contributed by atoms with Crippen LogP contribution in [-0.2, 0) is 24.0 Å². The molecule has 1 aromatic rings. The highest BCUT2D eigenvalue weighted by atomic mass is 35.5. The van der Waals surface area contributed by atoms with E-state index in [-0.39, 0.29) is 24.4 Å². The Kier molecular flexibility index (Phi) is 7.29. The second-order valence-corrected chi connectivity index (χ2v) is 12.0. The number of hydrogen-bond donors (Lipinski definition) is 0. The second kappa shape index (κ2) is 9.90. The van der Waals surface area contributed by atoms with E-state index >= 15 is 0 Å². The minimum atomic E-state index is -0.820. The van der Waals surface area contributed by atoms with Crippen LogP contribution in [0.15, 0.2) is 18.2 Å². The summed E-state index contributed by atoms with van der Waals surface area (Å²) in [6.07, 6.45) is 3.15. The van der Waals surface area contributed by atoms with Crippen LogP contribution in [0.2, 0.25) is 0 Å². The van der Waals surface area contributed by atoms with Crippen molar-refractivity contribution in [3.63, 3.8) is 0 Å². The summed E-state index contributed by atoms with van der Waals surface area (Å²) in [5.74, 6) is 0.537. The summed E-state index contributed by atoms with van der Waals surface area (Å²) in [6.45, 7) is 9.66. The minimum Gasteiger partial charge on any atom is -0.459 e. The summed E-state index contributed by atoms with van der Waals surface area (Å²) in [5.41, 5.74) is 1.07. The van der Waals surface area contributed by atoms with E-state index < -0.39 is 23.3 Å². The summed E-state index contributed by atoms with van der Waals surface area (Å²) in [7, 11) is 0. The van der Waals surface area contributed by atoms with Crippen LogP contribution in [0.25, 0.3) is 0 Å². The molecule has 5 aliphatic rings. The van der Waals surface area contributed by atoms with Gasteiger partial charge in [0.1, 0.15) is 12.2 Å². The highest BCUT2D eigenvalue weighted by Crippen LogP contribution is 2.63. The molecule has 2 bridgehead atoms. The Bertz CT molecular complexity index is 989. The molecular formula is C27H37Cl2NO6. The predicted octanol–water partition coefficient (Wildman–Crippen LogP) is 5.44. The molecule has 4 aliphatic heterocycles. The molecule has 1 aliphatic carbocycles. The molecule has 0 unspecified atom stereocenters. The second-order valence-electron chi connectivity index (χ2n) is 11.2. The first kappa shape index (κ1) is 26.5. The van der Waals surface area contributed by atoms with E-state index in [9.17, 15) is 4.79 Å². The maximum Gasteiger partial charge on any atom is 0.338 e. The van der Waals surface area contributed by atoms with Crippen molar-refractivity contribution in [2.24, 2.45) is 17.8 Å². The molecule has 0 amide bonds. The molecule has 5 fully saturated rings. The highest BCUT2D eigenvalue weighted by molar-refractivity contribution is 6.18. The molecule has 1 aromatic carbocycles. The van der Waals surface area contributed by atoms with Gasteiger partial charge in [0.15, 0.2) is 11.9 Å². The van der Waals surface area contributed by atoms with Gasteiger partial charge in [-0.1, -0.05) is 6.92 Å². The van der Waals surface area contributed by atoms with Crippen LogP contribution in [0, 0.1) is 24.7 Å². The fourth-order valence-electron chi connectivity index (χ4n) is 6.93. The summed E-state index contributed by atoms with van der Waals surface area (Å²) < 4.78 is 18.8.